The normalized spacial score (nSPS) is 15.1. The van der Waals surface area contributed by atoms with Crippen molar-refractivity contribution in [1.29, 1.82) is 0 Å². The topological polar surface area (TPSA) is 25.8 Å². The Labute approximate surface area is 103 Å². The number of aromatic nitrogens is 2. The summed E-state index contributed by atoms with van der Waals surface area (Å²) in [6, 6.07) is 10.1. The van der Waals surface area contributed by atoms with Crippen LogP contribution in [0.1, 0.15) is 24.5 Å². The summed E-state index contributed by atoms with van der Waals surface area (Å²) in [6.07, 6.45) is 4.41. The van der Waals surface area contributed by atoms with Gasteiger partial charge in [0.2, 0.25) is 0 Å². The van der Waals surface area contributed by atoms with Crippen molar-refractivity contribution in [2.75, 3.05) is 0 Å². The molecule has 3 rings (SSSR count). The maximum absolute atomic E-state index is 4.61. The molecule has 1 aliphatic rings. The summed E-state index contributed by atoms with van der Waals surface area (Å²) in [7, 11) is 0. The molecule has 0 N–H and O–H groups in total. The van der Waals surface area contributed by atoms with Crippen LogP contribution in [0.25, 0.3) is 11.4 Å². The van der Waals surface area contributed by atoms with Crippen molar-refractivity contribution < 1.29 is 0 Å². The fraction of sp³-hybridized carbons (Fsp3) is 0.231. The van der Waals surface area contributed by atoms with E-state index >= 15 is 0 Å². The van der Waals surface area contributed by atoms with E-state index in [2.05, 4.69) is 25.9 Å². The number of hydrogen-bond donors (Lipinski definition) is 0. The van der Waals surface area contributed by atoms with E-state index in [9.17, 15) is 0 Å². The van der Waals surface area contributed by atoms with Crippen LogP contribution in [0.2, 0.25) is 0 Å². The molecule has 1 aliphatic carbocycles. The molecule has 1 heterocycles. The third kappa shape index (κ3) is 2.00. The van der Waals surface area contributed by atoms with Crippen molar-refractivity contribution in [3.8, 4) is 11.4 Å². The molecule has 0 bridgehead atoms. The van der Waals surface area contributed by atoms with Gasteiger partial charge in [0.15, 0.2) is 5.82 Å². The van der Waals surface area contributed by atoms with Crippen molar-refractivity contribution in [2.24, 2.45) is 0 Å². The SMILES string of the molecule is Brc1ccc(-c2nccc(C3CC3)n2)cc1. The predicted molar refractivity (Wildman–Crippen MR) is 67.1 cm³/mol. The zero-order valence-corrected chi connectivity index (χ0v) is 10.3. The van der Waals surface area contributed by atoms with E-state index < -0.39 is 0 Å². The van der Waals surface area contributed by atoms with E-state index in [0.717, 1.165) is 15.9 Å². The summed E-state index contributed by atoms with van der Waals surface area (Å²) in [6.45, 7) is 0. The van der Waals surface area contributed by atoms with Crippen LogP contribution in [-0.4, -0.2) is 9.97 Å². The molecule has 2 aromatic rings. The number of rotatable bonds is 2. The first-order valence-corrected chi connectivity index (χ1v) is 6.21. The Kier molecular flexibility index (Phi) is 2.48. The summed E-state index contributed by atoms with van der Waals surface area (Å²) in [5.74, 6) is 1.51. The lowest BCUT2D eigenvalue weighted by Crippen LogP contribution is -1.92. The van der Waals surface area contributed by atoms with Crippen LogP contribution in [0.15, 0.2) is 41.0 Å². The van der Waals surface area contributed by atoms with Gasteiger partial charge in [-0.1, -0.05) is 28.1 Å². The molecule has 1 aromatic heterocycles. The molecular weight excluding hydrogens is 264 g/mol. The molecule has 1 saturated carbocycles. The average Bonchev–Trinajstić information content (AvgIpc) is 3.14. The molecule has 0 aliphatic heterocycles. The minimum atomic E-state index is 0.678. The highest BCUT2D eigenvalue weighted by Crippen LogP contribution is 2.39. The van der Waals surface area contributed by atoms with Gasteiger partial charge in [-0.05, 0) is 31.0 Å². The Bertz CT molecular complexity index is 504. The summed E-state index contributed by atoms with van der Waals surface area (Å²) < 4.78 is 1.08. The monoisotopic (exact) mass is 274 g/mol. The fourth-order valence-corrected chi connectivity index (χ4v) is 1.98. The van der Waals surface area contributed by atoms with Crippen LogP contribution in [0.5, 0.6) is 0 Å². The largest absolute Gasteiger partial charge is 0.237 e. The summed E-state index contributed by atoms with van der Waals surface area (Å²) in [5, 5.41) is 0. The highest BCUT2D eigenvalue weighted by atomic mass is 79.9. The third-order valence-electron chi connectivity index (χ3n) is 2.78. The van der Waals surface area contributed by atoms with Crippen molar-refractivity contribution in [1.82, 2.24) is 9.97 Å². The van der Waals surface area contributed by atoms with Gasteiger partial charge in [0.25, 0.3) is 0 Å². The van der Waals surface area contributed by atoms with Gasteiger partial charge in [0, 0.05) is 27.8 Å². The molecule has 0 radical (unpaired) electrons. The average molecular weight is 275 g/mol. The van der Waals surface area contributed by atoms with E-state index in [1.165, 1.54) is 18.5 Å². The van der Waals surface area contributed by atoms with E-state index in [4.69, 9.17) is 0 Å². The van der Waals surface area contributed by atoms with Gasteiger partial charge < -0.3 is 0 Å². The lowest BCUT2D eigenvalue weighted by Gasteiger charge is -2.02. The fourth-order valence-electron chi connectivity index (χ4n) is 1.72. The Hall–Kier alpha value is -1.22. The summed E-state index contributed by atoms with van der Waals surface area (Å²) in [5.41, 5.74) is 2.26. The van der Waals surface area contributed by atoms with Gasteiger partial charge in [-0.2, -0.15) is 0 Å². The number of hydrogen-bond acceptors (Lipinski definition) is 2. The zero-order chi connectivity index (χ0) is 11.0. The maximum Gasteiger partial charge on any atom is 0.159 e. The van der Waals surface area contributed by atoms with Crippen LogP contribution >= 0.6 is 15.9 Å². The van der Waals surface area contributed by atoms with Crippen LogP contribution < -0.4 is 0 Å². The van der Waals surface area contributed by atoms with E-state index in [0.29, 0.717) is 5.92 Å². The van der Waals surface area contributed by atoms with Gasteiger partial charge in [0.1, 0.15) is 0 Å². The van der Waals surface area contributed by atoms with Crippen molar-refractivity contribution in [3.63, 3.8) is 0 Å². The lowest BCUT2D eigenvalue weighted by molar-refractivity contribution is 0.994. The van der Waals surface area contributed by atoms with Gasteiger partial charge in [-0.15, -0.1) is 0 Å². The van der Waals surface area contributed by atoms with E-state index in [1.807, 2.05) is 36.5 Å². The summed E-state index contributed by atoms with van der Waals surface area (Å²) in [4.78, 5) is 8.93. The highest BCUT2D eigenvalue weighted by molar-refractivity contribution is 9.10. The number of benzene rings is 1. The molecular formula is C13H11BrN2. The third-order valence-corrected chi connectivity index (χ3v) is 3.30. The minimum Gasteiger partial charge on any atom is -0.237 e. The summed E-state index contributed by atoms with van der Waals surface area (Å²) >= 11 is 3.42. The minimum absolute atomic E-state index is 0.678. The molecule has 0 spiro atoms. The van der Waals surface area contributed by atoms with Crippen molar-refractivity contribution in [2.45, 2.75) is 18.8 Å². The molecule has 2 nitrogen and oxygen atoms in total. The molecule has 16 heavy (non-hydrogen) atoms. The second-order valence-electron chi connectivity index (χ2n) is 4.09. The standard InChI is InChI=1S/C13H11BrN2/c14-11-5-3-10(4-6-11)13-15-8-7-12(16-13)9-1-2-9/h3-9H,1-2H2. The van der Waals surface area contributed by atoms with Gasteiger partial charge in [-0.25, -0.2) is 9.97 Å². The molecule has 80 valence electrons. The Balaban J connectivity index is 1.98. The molecule has 0 unspecified atom stereocenters. The maximum atomic E-state index is 4.61. The first-order chi connectivity index (χ1) is 7.83. The van der Waals surface area contributed by atoms with Crippen LogP contribution in [0.4, 0.5) is 0 Å². The zero-order valence-electron chi connectivity index (χ0n) is 8.73. The molecule has 0 saturated heterocycles. The molecule has 0 atom stereocenters. The van der Waals surface area contributed by atoms with Gasteiger partial charge >= 0.3 is 0 Å². The predicted octanol–water partition coefficient (Wildman–Crippen LogP) is 3.78. The molecule has 1 fully saturated rings. The Morgan fingerprint density at radius 3 is 2.50 bits per heavy atom. The lowest BCUT2D eigenvalue weighted by atomic mass is 10.2. The first-order valence-electron chi connectivity index (χ1n) is 5.42. The molecule has 3 heteroatoms. The quantitative estimate of drug-likeness (QED) is 0.833. The van der Waals surface area contributed by atoms with Crippen LogP contribution in [-0.2, 0) is 0 Å². The first kappa shape index (κ1) is 9.97. The number of nitrogens with zero attached hydrogens (tertiary/aromatic N) is 2. The second-order valence-corrected chi connectivity index (χ2v) is 5.00. The van der Waals surface area contributed by atoms with Crippen molar-refractivity contribution >= 4 is 15.9 Å². The highest BCUT2D eigenvalue weighted by Gasteiger charge is 2.25. The molecule has 0 amide bonds. The van der Waals surface area contributed by atoms with Gasteiger partial charge in [-0.3, -0.25) is 0 Å². The number of halogens is 1. The molecule has 1 aromatic carbocycles. The second kappa shape index (κ2) is 3.98. The smallest absolute Gasteiger partial charge is 0.159 e. The Morgan fingerprint density at radius 1 is 1.06 bits per heavy atom. The van der Waals surface area contributed by atoms with Crippen LogP contribution in [0, 0.1) is 0 Å². The van der Waals surface area contributed by atoms with E-state index in [1.54, 1.807) is 0 Å². The Morgan fingerprint density at radius 2 is 1.81 bits per heavy atom. The van der Waals surface area contributed by atoms with Gasteiger partial charge in [0.05, 0.1) is 0 Å². The van der Waals surface area contributed by atoms with Crippen LogP contribution in [0.3, 0.4) is 0 Å². The van der Waals surface area contributed by atoms with Crippen molar-refractivity contribution in [3.05, 3.63) is 46.7 Å². The van der Waals surface area contributed by atoms with E-state index in [-0.39, 0.29) is 0 Å².